The van der Waals surface area contributed by atoms with Crippen molar-refractivity contribution in [1.29, 1.82) is 0 Å². The first kappa shape index (κ1) is 20.2. The Morgan fingerprint density at radius 1 is 1.20 bits per heavy atom. The average molecular weight is 436 g/mol. The van der Waals surface area contributed by atoms with Crippen LogP contribution >= 0.6 is 11.9 Å². The van der Waals surface area contributed by atoms with Gasteiger partial charge >= 0.3 is 0 Å². The highest BCUT2D eigenvalue weighted by Crippen LogP contribution is 2.50. The zero-order valence-corrected chi connectivity index (χ0v) is 17.9. The molecule has 0 amide bonds. The number of rotatable bonds is 5. The summed E-state index contributed by atoms with van der Waals surface area (Å²) in [5, 5.41) is 3.91. The van der Waals surface area contributed by atoms with E-state index in [1.54, 1.807) is 22.7 Å². The predicted molar refractivity (Wildman–Crippen MR) is 115 cm³/mol. The van der Waals surface area contributed by atoms with E-state index in [0.717, 1.165) is 45.2 Å². The lowest BCUT2D eigenvalue weighted by atomic mass is 9.94. The van der Waals surface area contributed by atoms with Crippen LogP contribution in [0.25, 0.3) is 11.0 Å². The highest BCUT2D eigenvalue weighted by molar-refractivity contribution is 7.96. The van der Waals surface area contributed by atoms with Crippen molar-refractivity contribution in [2.24, 2.45) is 11.8 Å². The van der Waals surface area contributed by atoms with Crippen LogP contribution in [0.3, 0.4) is 0 Å². The molecule has 2 aromatic heterocycles. The predicted octanol–water partition coefficient (Wildman–Crippen LogP) is 4.24. The summed E-state index contributed by atoms with van der Waals surface area (Å²) in [4.78, 5) is 22.1. The third-order valence-electron chi connectivity index (χ3n) is 7.11. The number of alkyl halides is 2. The molecule has 1 N–H and O–H groups in total. The molecular formula is C21H27F2N5OS. The van der Waals surface area contributed by atoms with Gasteiger partial charge in [0.1, 0.15) is 5.65 Å². The lowest BCUT2D eigenvalue weighted by Gasteiger charge is -2.30. The number of halogens is 2. The number of piperidine rings is 1. The van der Waals surface area contributed by atoms with E-state index in [1.807, 2.05) is 0 Å². The summed E-state index contributed by atoms with van der Waals surface area (Å²) in [7, 11) is 0. The summed E-state index contributed by atoms with van der Waals surface area (Å²) < 4.78 is 31.1. The fourth-order valence-electron chi connectivity index (χ4n) is 5.57. The molecule has 2 aromatic rings. The third-order valence-corrected chi connectivity index (χ3v) is 8.00. The molecule has 9 heteroatoms. The maximum atomic E-state index is 13.6. The Labute approximate surface area is 178 Å². The van der Waals surface area contributed by atoms with E-state index in [4.69, 9.17) is 0 Å². The Bertz CT molecular complexity index is 991. The summed E-state index contributed by atoms with van der Waals surface area (Å²) >= 11 is 1.76. The van der Waals surface area contributed by atoms with Gasteiger partial charge in [-0.3, -0.25) is 13.7 Å². The summed E-state index contributed by atoms with van der Waals surface area (Å²) in [6.45, 7) is 2.00. The SMILES string of the molecule is CSN1CCC(Nc2ncc3cc(C(F)F)c(=O)n(C4CC5CCC4C5)c3n2)CC1. The monoisotopic (exact) mass is 435 g/mol. The molecule has 162 valence electrons. The zero-order chi connectivity index (χ0) is 20.8. The Balaban J connectivity index is 1.51. The number of nitrogens with one attached hydrogen (secondary N) is 1. The smallest absolute Gasteiger partial charge is 0.269 e. The van der Waals surface area contributed by atoms with Crippen LogP contribution in [0.5, 0.6) is 0 Å². The minimum Gasteiger partial charge on any atom is -0.351 e. The number of aromatic nitrogens is 3. The molecule has 2 bridgehead atoms. The van der Waals surface area contributed by atoms with Crippen LogP contribution in [-0.4, -0.2) is 44.2 Å². The second-order valence-electron chi connectivity index (χ2n) is 8.82. The van der Waals surface area contributed by atoms with Crippen LogP contribution < -0.4 is 10.9 Å². The molecule has 5 rings (SSSR count). The Morgan fingerprint density at radius 2 is 2.00 bits per heavy atom. The first-order valence-corrected chi connectivity index (χ1v) is 12.0. The van der Waals surface area contributed by atoms with E-state index in [1.165, 1.54) is 12.5 Å². The Hall–Kier alpha value is -1.74. The first-order valence-electron chi connectivity index (χ1n) is 10.8. The summed E-state index contributed by atoms with van der Waals surface area (Å²) in [5.74, 6) is 1.45. The van der Waals surface area contributed by atoms with Gasteiger partial charge in [-0.15, -0.1) is 0 Å². The van der Waals surface area contributed by atoms with E-state index >= 15 is 0 Å². The minimum absolute atomic E-state index is 0.0370. The van der Waals surface area contributed by atoms with Crippen LogP contribution in [0.15, 0.2) is 17.1 Å². The molecule has 1 saturated heterocycles. The van der Waals surface area contributed by atoms with Gasteiger partial charge in [0.2, 0.25) is 5.95 Å². The van der Waals surface area contributed by atoms with Crippen LogP contribution in [0.1, 0.15) is 56.6 Å². The molecule has 30 heavy (non-hydrogen) atoms. The van der Waals surface area contributed by atoms with Gasteiger partial charge in [-0.2, -0.15) is 4.98 Å². The molecule has 3 atom stereocenters. The molecule has 2 saturated carbocycles. The molecule has 0 spiro atoms. The van der Waals surface area contributed by atoms with Crippen molar-refractivity contribution in [3.8, 4) is 0 Å². The maximum absolute atomic E-state index is 13.6. The molecule has 0 radical (unpaired) electrons. The fourth-order valence-corrected chi connectivity index (χ4v) is 6.14. The van der Waals surface area contributed by atoms with E-state index in [0.29, 0.717) is 28.8 Å². The number of anilines is 1. The summed E-state index contributed by atoms with van der Waals surface area (Å²) in [6, 6.07) is 1.51. The summed E-state index contributed by atoms with van der Waals surface area (Å²) in [6.07, 6.45) is 7.06. The van der Waals surface area contributed by atoms with Gasteiger partial charge in [-0.05, 0) is 56.3 Å². The van der Waals surface area contributed by atoms with Crippen molar-refractivity contribution in [3.63, 3.8) is 0 Å². The topological polar surface area (TPSA) is 63.1 Å². The number of fused-ring (bicyclic) bond motifs is 3. The minimum atomic E-state index is -2.80. The second-order valence-corrected chi connectivity index (χ2v) is 9.70. The van der Waals surface area contributed by atoms with Gasteiger partial charge in [0.15, 0.2) is 0 Å². The molecule has 3 heterocycles. The molecule has 2 aliphatic carbocycles. The van der Waals surface area contributed by atoms with Gasteiger partial charge in [-0.25, -0.2) is 13.8 Å². The van der Waals surface area contributed by atoms with Crippen molar-refractivity contribution in [3.05, 3.63) is 28.2 Å². The van der Waals surface area contributed by atoms with Gasteiger partial charge in [-0.1, -0.05) is 18.4 Å². The third kappa shape index (κ3) is 3.60. The first-order chi connectivity index (χ1) is 14.5. The molecule has 1 aliphatic heterocycles. The number of nitrogens with zero attached hydrogens (tertiary/aromatic N) is 4. The standard InChI is InChI=1S/C21H27F2N5OS/c1-30-27-6-4-15(5-7-27)25-21-24-11-14-10-16(18(22)23)20(29)28(19(14)26-21)17-9-12-2-3-13(17)8-12/h10-13,15,17-18H,2-9H2,1H3,(H,24,25,26). The molecule has 3 unspecified atom stereocenters. The molecule has 6 nitrogen and oxygen atoms in total. The van der Waals surface area contributed by atoms with Gasteiger partial charge < -0.3 is 5.32 Å². The van der Waals surface area contributed by atoms with Crippen LogP contribution in [0.4, 0.5) is 14.7 Å². The van der Waals surface area contributed by atoms with Crippen LogP contribution in [0.2, 0.25) is 0 Å². The zero-order valence-electron chi connectivity index (χ0n) is 17.1. The second kappa shape index (κ2) is 8.07. The molecular weight excluding hydrogens is 408 g/mol. The molecule has 3 fully saturated rings. The van der Waals surface area contributed by atoms with Crippen molar-refractivity contribution in [1.82, 2.24) is 18.8 Å². The van der Waals surface area contributed by atoms with Crippen LogP contribution in [-0.2, 0) is 0 Å². The number of pyridine rings is 1. The quantitative estimate of drug-likeness (QED) is 0.709. The molecule has 0 aromatic carbocycles. The Morgan fingerprint density at radius 3 is 2.63 bits per heavy atom. The Kier molecular flexibility index (Phi) is 5.43. The molecule has 3 aliphatic rings. The lowest BCUT2D eigenvalue weighted by Crippen LogP contribution is -2.36. The number of hydrogen-bond acceptors (Lipinski definition) is 6. The fraction of sp³-hybridized carbons (Fsp3) is 0.667. The highest BCUT2D eigenvalue weighted by atomic mass is 32.2. The number of hydrogen-bond donors (Lipinski definition) is 1. The average Bonchev–Trinajstić information content (AvgIpc) is 3.37. The van der Waals surface area contributed by atoms with Gasteiger partial charge in [0.05, 0.1) is 5.56 Å². The van der Waals surface area contributed by atoms with E-state index in [9.17, 15) is 13.6 Å². The van der Waals surface area contributed by atoms with Crippen molar-refractivity contribution in [2.75, 3.05) is 24.7 Å². The lowest BCUT2D eigenvalue weighted by molar-refractivity contribution is 0.148. The van der Waals surface area contributed by atoms with E-state index < -0.39 is 17.5 Å². The van der Waals surface area contributed by atoms with Gasteiger partial charge in [0.25, 0.3) is 12.0 Å². The van der Waals surface area contributed by atoms with Crippen molar-refractivity contribution < 1.29 is 8.78 Å². The largest absolute Gasteiger partial charge is 0.351 e. The highest BCUT2D eigenvalue weighted by Gasteiger charge is 2.42. The van der Waals surface area contributed by atoms with E-state index in [-0.39, 0.29) is 12.1 Å². The van der Waals surface area contributed by atoms with Crippen molar-refractivity contribution in [2.45, 2.75) is 57.0 Å². The maximum Gasteiger partial charge on any atom is 0.269 e. The van der Waals surface area contributed by atoms with Gasteiger partial charge in [0, 0.05) is 36.8 Å². The van der Waals surface area contributed by atoms with Crippen LogP contribution in [0, 0.1) is 11.8 Å². The van der Waals surface area contributed by atoms with E-state index in [2.05, 4.69) is 25.8 Å². The summed E-state index contributed by atoms with van der Waals surface area (Å²) in [5.41, 5.74) is -0.548. The normalized spacial score (nSPS) is 27.4. The van der Waals surface area contributed by atoms with Crippen molar-refractivity contribution >= 4 is 28.9 Å².